The van der Waals surface area contributed by atoms with Gasteiger partial charge >= 0.3 is 0 Å². The minimum Gasteiger partial charge on any atom is -0.303 e. The lowest BCUT2D eigenvalue weighted by atomic mass is 10.1. The number of benzene rings is 1. The maximum absolute atomic E-state index is 13.3. The second-order valence-corrected chi connectivity index (χ2v) is 5.18. The van der Waals surface area contributed by atoms with Gasteiger partial charge in [-0.25, -0.2) is 12.8 Å². The summed E-state index contributed by atoms with van der Waals surface area (Å²) >= 11 is 0. The van der Waals surface area contributed by atoms with Crippen LogP contribution in [0.3, 0.4) is 0 Å². The molecule has 0 radical (unpaired) electrons. The third kappa shape index (κ3) is 2.86. The van der Waals surface area contributed by atoms with Gasteiger partial charge in [0.2, 0.25) is 0 Å². The van der Waals surface area contributed by atoms with Gasteiger partial charge in [-0.2, -0.15) is 0 Å². The fraction of sp³-hybridized carbons (Fsp3) is 0.300. The first-order valence-electron chi connectivity index (χ1n) is 4.38. The molecule has 0 N–H and O–H groups in total. The minimum absolute atomic E-state index is 0.0376. The molecule has 0 saturated carbocycles. The number of carbonyl (C=O) groups is 1. The summed E-state index contributed by atoms with van der Waals surface area (Å²) in [7, 11) is -3.44. The molecule has 15 heavy (non-hydrogen) atoms. The smallest absolute Gasteiger partial charge is 0.175 e. The van der Waals surface area contributed by atoms with Crippen LogP contribution in [0.1, 0.15) is 12.0 Å². The first-order valence-corrected chi connectivity index (χ1v) is 6.27. The molecule has 0 aliphatic heterocycles. The average Bonchev–Trinajstić information content (AvgIpc) is 2.14. The molecule has 0 amide bonds. The highest BCUT2D eigenvalue weighted by atomic mass is 32.2. The van der Waals surface area contributed by atoms with E-state index in [1.54, 1.807) is 0 Å². The van der Waals surface area contributed by atoms with Gasteiger partial charge in [-0.1, -0.05) is 6.07 Å². The Morgan fingerprint density at radius 2 is 2.07 bits per heavy atom. The highest BCUT2D eigenvalue weighted by Gasteiger charge is 2.15. The molecule has 0 atom stereocenters. The summed E-state index contributed by atoms with van der Waals surface area (Å²) in [6, 6.07) is 3.88. The summed E-state index contributed by atoms with van der Waals surface area (Å²) in [6.45, 7) is 0. The second kappa shape index (κ2) is 4.53. The van der Waals surface area contributed by atoms with Crippen LogP contribution < -0.4 is 0 Å². The molecule has 0 unspecified atom stereocenters. The zero-order valence-electron chi connectivity index (χ0n) is 8.23. The standard InChI is InChI=1S/C10H11FO3S/c1-15(13,14)10-6-2-5-9(11)8(10)4-3-7-12/h2,5-7H,3-4H2,1H3. The van der Waals surface area contributed by atoms with Crippen molar-refractivity contribution in [1.82, 2.24) is 0 Å². The highest BCUT2D eigenvalue weighted by molar-refractivity contribution is 7.90. The van der Waals surface area contributed by atoms with Crippen molar-refractivity contribution in [2.24, 2.45) is 0 Å². The summed E-state index contributed by atoms with van der Waals surface area (Å²) < 4.78 is 36.0. The molecule has 3 nitrogen and oxygen atoms in total. The van der Waals surface area contributed by atoms with E-state index in [0.717, 1.165) is 6.26 Å². The molecular formula is C10H11FO3S. The zero-order chi connectivity index (χ0) is 11.5. The van der Waals surface area contributed by atoms with E-state index < -0.39 is 15.7 Å². The van der Waals surface area contributed by atoms with E-state index in [-0.39, 0.29) is 23.3 Å². The molecule has 0 spiro atoms. The van der Waals surface area contributed by atoms with Gasteiger partial charge in [0.25, 0.3) is 0 Å². The predicted molar refractivity (Wildman–Crippen MR) is 53.9 cm³/mol. The normalized spacial score (nSPS) is 11.3. The van der Waals surface area contributed by atoms with Crippen molar-refractivity contribution in [2.45, 2.75) is 17.7 Å². The number of halogens is 1. The van der Waals surface area contributed by atoms with Crippen LogP contribution in [0.25, 0.3) is 0 Å². The van der Waals surface area contributed by atoms with E-state index in [0.29, 0.717) is 6.29 Å². The van der Waals surface area contributed by atoms with Crippen molar-refractivity contribution in [3.63, 3.8) is 0 Å². The van der Waals surface area contributed by atoms with Crippen molar-refractivity contribution >= 4 is 16.1 Å². The Labute approximate surface area is 87.8 Å². The van der Waals surface area contributed by atoms with Crippen molar-refractivity contribution < 1.29 is 17.6 Å². The average molecular weight is 230 g/mol. The number of hydrogen-bond donors (Lipinski definition) is 0. The summed E-state index contributed by atoms with van der Waals surface area (Å²) in [5.74, 6) is -0.584. The number of rotatable bonds is 4. The van der Waals surface area contributed by atoms with E-state index in [1.807, 2.05) is 0 Å². The highest BCUT2D eigenvalue weighted by Crippen LogP contribution is 2.19. The monoisotopic (exact) mass is 230 g/mol. The number of hydrogen-bond acceptors (Lipinski definition) is 3. The first-order chi connectivity index (χ1) is 6.96. The third-order valence-corrected chi connectivity index (χ3v) is 3.17. The molecule has 0 aliphatic rings. The first kappa shape index (κ1) is 11.8. The molecule has 0 aromatic heterocycles. The lowest BCUT2D eigenvalue weighted by molar-refractivity contribution is -0.107. The Bertz CT molecular complexity index is 466. The molecule has 1 aromatic carbocycles. The van der Waals surface area contributed by atoms with Crippen LogP contribution in [0.4, 0.5) is 4.39 Å². The topological polar surface area (TPSA) is 51.2 Å². The molecular weight excluding hydrogens is 219 g/mol. The summed E-state index contributed by atoms with van der Waals surface area (Å²) in [5.41, 5.74) is 0.0899. The van der Waals surface area contributed by atoms with Gasteiger partial charge in [0.15, 0.2) is 9.84 Å². The molecule has 0 aliphatic carbocycles. The molecule has 1 rings (SSSR count). The lowest BCUT2D eigenvalue weighted by Crippen LogP contribution is -2.05. The van der Waals surface area contributed by atoms with Crippen molar-refractivity contribution in [3.05, 3.63) is 29.6 Å². The van der Waals surface area contributed by atoms with E-state index >= 15 is 0 Å². The zero-order valence-corrected chi connectivity index (χ0v) is 9.05. The van der Waals surface area contributed by atoms with Crippen LogP contribution >= 0.6 is 0 Å². The van der Waals surface area contributed by atoms with Gasteiger partial charge in [0.1, 0.15) is 12.1 Å². The summed E-state index contributed by atoms with van der Waals surface area (Å²) in [5, 5.41) is 0. The molecule has 0 fully saturated rings. The van der Waals surface area contributed by atoms with Crippen LogP contribution in [0.2, 0.25) is 0 Å². The number of aldehydes is 1. The van der Waals surface area contributed by atoms with Crippen molar-refractivity contribution in [2.75, 3.05) is 6.26 Å². The van der Waals surface area contributed by atoms with Gasteiger partial charge in [0.05, 0.1) is 4.90 Å². The lowest BCUT2D eigenvalue weighted by Gasteiger charge is -2.07. The third-order valence-electron chi connectivity index (χ3n) is 1.99. The van der Waals surface area contributed by atoms with Crippen LogP contribution in [0, 0.1) is 5.82 Å². The Morgan fingerprint density at radius 3 is 2.60 bits per heavy atom. The van der Waals surface area contributed by atoms with Crippen LogP contribution in [-0.2, 0) is 21.1 Å². The van der Waals surface area contributed by atoms with E-state index in [1.165, 1.54) is 18.2 Å². The van der Waals surface area contributed by atoms with Crippen molar-refractivity contribution in [1.29, 1.82) is 0 Å². The summed E-state index contributed by atoms with van der Waals surface area (Å²) in [6.07, 6.45) is 1.88. The molecule has 1 aromatic rings. The van der Waals surface area contributed by atoms with Gasteiger partial charge < -0.3 is 4.79 Å². The molecule has 0 heterocycles. The molecule has 0 bridgehead atoms. The fourth-order valence-corrected chi connectivity index (χ4v) is 2.31. The molecule has 82 valence electrons. The van der Waals surface area contributed by atoms with Crippen LogP contribution in [-0.4, -0.2) is 21.0 Å². The van der Waals surface area contributed by atoms with Crippen molar-refractivity contribution in [3.8, 4) is 0 Å². The summed E-state index contributed by atoms with van der Waals surface area (Å²) in [4.78, 5) is 10.1. The van der Waals surface area contributed by atoms with Gasteiger partial charge in [0, 0.05) is 18.2 Å². The van der Waals surface area contributed by atoms with E-state index in [2.05, 4.69) is 0 Å². The Hall–Kier alpha value is -1.23. The van der Waals surface area contributed by atoms with Gasteiger partial charge in [-0.05, 0) is 18.6 Å². The Kier molecular flexibility index (Phi) is 3.57. The Balaban J connectivity index is 3.26. The van der Waals surface area contributed by atoms with E-state index in [4.69, 9.17) is 0 Å². The molecule has 5 heteroatoms. The predicted octanol–water partition coefficient (Wildman–Crippen LogP) is 1.36. The second-order valence-electron chi connectivity index (χ2n) is 3.19. The largest absolute Gasteiger partial charge is 0.303 e. The SMILES string of the molecule is CS(=O)(=O)c1cccc(F)c1CCC=O. The fourth-order valence-electron chi connectivity index (χ4n) is 1.33. The molecule has 0 saturated heterocycles. The maximum atomic E-state index is 13.3. The van der Waals surface area contributed by atoms with Crippen LogP contribution in [0.5, 0.6) is 0 Å². The Morgan fingerprint density at radius 1 is 1.40 bits per heavy atom. The van der Waals surface area contributed by atoms with Gasteiger partial charge in [-0.3, -0.25) is 0 Å². The van der Waals surface area contributed by atoms with E-state index in [9.17, 15) is 17.6 Å². The van der Waals surface area contributed by atoms with Gasteiger partial charge in [-0.15, -0.1) is 0 Å². The number of sulfone groups is 1. The number of carbonyl (C=O) groups excluding carboxylic acids is 1. The minimum atomic E-state index is -3.44. The quantitative estimate of drug-likeness (QED) is 0.734. The van der Waals surface area contributed by atoms with Crippen LogP contribution in [0.15, 0.2) is 23.1 Å². The maximum Gasteiger partial charge on any atom is 0.175 e.